The van der Waals surface area contributed by atoms with Gasteiger partial charge < -0.3 is 25.0 Å². The number of nitrogens with one attached hydrogen (secondary N) is 2. The first-order valence-corrected chi connectivity index (χ1v) is 7.79. The molecule has 0 unspecified atom stereocenters. The fourth-order valence-corrected chi connectivity index (χ4v) is 2.71. The number of fused-ring (bicyclic) bond motifs is 1. The van der Waals surface area contributed by atoms with Crippen molar-refractivity contribution in [2.45, 2.75) is 32.4 Å². The van der Waals surface area contributed by atoms with Crippen LogP contribution < -0.4 is 10.6 Å². The number of rotatable bonds is 7. The second-order valence-corrected chi connectivity index (χ2v) is 5.92. The highest BCUT2D eigenvalue weighted by atomic mass is 16.5. The molecule has 1 heterocycles. The van der Waals surface area contributed by atoms with Crippen LogP contribution >= 0.6 is 0 Å². The van der Waals surface area contributed by atoms with Gasteiger partial charge >= 0.3 is 6.03 Å². The molecule has 0 radical (unpaired) electrons. The van der Waals surface area contributed by atoms with Crippen LogP contribution in [0.1, 0.15) is 20.3 Å². The molecule has 1 atom stereocenters. The number of hydrogen-bond donors (Lipinski definition) is 3. The van der Waals surface area contributed by atoms with Crippen LogP contribution in [0.2, 0.25) is 0 Å². The topological polar surface area (TPSA) is 75.5 Å². The number of methoxy groups -OCH3 is 1. The minimum Gasteiger partial charge on any atom is -0.396 e. The Labute approximate surface area is 136 Å². The van der Waals surface area contributed by atoms with Crippen molar-refractivity contribution < 1.29 is 14.6 Å². The van der Waals surface area contributed by atoms with Crippen molar-refractivity contribution in [1.29, 1.82) is 0 Å². The van der Waals surface area contributed by atoms with Crippen molar-refractivity contribution in [1.82, 2.24) is 9.88 Å². The summed E-state index contributed by atoms with van der Waals surface area (Å²) in [5, 5.41) is 16.0. The average Bonchev–Trinajstić information content (AvgIpc) is 2.89. The van der Waals surface area contributed by atoms with Gasteiger partial charge in [-0.3, -0.25) is 0 Å². The maximum atomic E-state index is 12.2. The molecular weight excluding hydrogens is 294 g/mol. The van der Waals surface area contributed by atoms with Gasteiger partial charge in [-0.05, 0) is 43.9 Å². The number of benzene rings is 1. The number of aliphatic hydroxyl groups is 1. The van der Waals surface area contributed by atoms with Crippen LogP contribution in [0.15, 0.2) is 30.5 Å². The molecule has 0 bridgehead atoms. The molecule has 2 aromatic rings. The molecule has 0 spiro atoms. The molecule has 0 saturated heterocycles. The van der Waals surface area contributed by atoms with Crippen LogP contribution in [0, 0.1) is 0 Å². The lowest BCUT2D eigenvalue weighted by Gasteiger charge is -2.29. The first-order valence-electron chi connectivity index (χ1n) is 7.79. The van der Waals surface area contributed by atoms with Crippen molar-refractivity contribution in [2.24, 2.45) is 0 Å². The first kappa shape index (κ1) is 17.3. The van der Waals surface area contributed by atoms with Gasteiger partial charge in [0.15, 0.2) is 0 Å². The quantitative estimate of drug-likeness (QED) is 0.734. The van der Waals surface area contributed by atoms with Gasteiger partial charge in [0.25, 0.3) is 0 Å². The zero-order valence-electron chi connectivity index (χ0n) is 13.9. The minimum atomic E-state index is -0.610. The van der Waals surface area contributed by atoms with E-state index in [1.54, 1.807) is 7.11 Å². The fraction of sp³-hybridized carbons (Fsp3) is 0.471. The van der Waals surface area contributed by atoms with E-state index in [0.717, 1.165) is 23.1 Å². The maximum Gasteiger partial charge on any atom is 0.319 e. The minimum absolute atomic E-state index is 0.0177. The number of aliphatic hydroxyl groups excluding tert-OH is 1. The molecule has 126 valence electrons. The second kappa shape index (κ2) is 7.48. The van der Waals surface area contributed by atoms with Crippen LogP contribution in [0.3, 0.4) is 0 Å². The number of carbonyl (C=O) groups is 1. The maximum absolute atomic E-state index is 12.2. The Hall–Kier alpha value is -2.05. The Morgan fingerprint density at radius 3 is 2.83 bits per heavy atom. The molecular formula is C17H25N3O3. The van der Waals surface area contributed by atoms with E-state index in [4.69, 9.17) is 9.84 Å². The molecule has 2 rings (SSSR count). The number of carbonyl (C=O) groups excluding carboxylic acids is 1. The van der Waals surface area contributed by atoms with Crippen molar-refractivity contribution >= 4 is 22.6 Å². The summed E-state index contributed by atoms with van der Waals surface area (Å²) in [6, 6.07) is 7.56. The number of urea groups is 1. The predicted octanol–water partition coefficient (Wildman–Crippen LogP) is 2.57. The number of hydrogen-bond acceptors (Lipinski definition) is 3. The van der Waals surface area contributed by atoms with Gasteiger partial charge in [-0.2, -0.15) is 0 Å². The molecule has 0 aliphatic carbocycles. The van der Waals surface area contributed by atoms with Crippen LogP contribution in [-0.4, -0.2) is 41.6 Å². The predicted molar refractivity (Wildman–Crippen MR) is 91.8 cm³/mol. The summed E-state index contributed by atoms with van der Waals surface area (Å²) in [5.41, 5.74) is 1.20. The molecule has 1 aromatic heterocycles. The molecule has 1 aromatic carbocycles. The Morgan fingerprint density at radius 2 is 2.17 bits per heavy atom. The third-order valence-electron chi connectivity index (χ3n) is 3.91. The highest BCUT2D eigenvalue weighted by Crippen LogP contribution is 2.21. The van der Waals surface area contributed by atoms with Crippen molar-refractivity contribution in [2.75, 3.05) is 25.6 Å². The molecule has 6 nitrogen and oxygen atoms in total. The number of anilines is 1. The monoisotopic (exact) mass is 319 g/mol. The second-order valence-electron chi connectivity index (χ2n) is 5.92. The van der Waals surface area contributed by atoms with E-state index in [2.05, 4.69) is 28.2 Å². The molecule has 0 aliphatic heterocycles. The number of nitrogens with zero attached hydrogens (tertiary/aromatic N) is 1. The number of aromatic nitrogens is 1. The fourth-order valence-electron chi connectivity index (χ4n) is 2.71. The van der Waals surface area contributed by atoms with E-state index in [1.807, 2.05) is 31.3 Å². The first-order chi connectivity index (χ1) is 11.0. The standard InChI is InChI=1S/C17H25N3O3/c1-4-20-9-7-13-5-6-14(11-15(13)20)18-16(22)19-17(2,8-10-21)12-23-3/h5-7,9,11,21H,4,8,10,12H2,1-3H3,(H2,18,19,22)/t17-/m1/s1. The highest BCUT2D eigenvalue weighted by molar-refractivity contribution is 5.93. The van der Waals surface area contributed by atoms with Crippen LogP contribution in [0.25, 0.3) is 10.9 Å². The molecule has 6 heteroatoms. The van der Waals surface area contributed by atoms with Crippen molar-refractivity contribution in [3.63, 3.8) is 0 Å². The lowest BCUT2D eigenvalue weighted by molar-refractivity contribution is 0.104. The number of ether oxygens (including phenoxy) is 1. The third-order valence-corrected chi connectivity index (χ3v) is 3.91. The Bertz CT molecular complexity index is 660. The Kier molecular flexibility index (Phi) is 5.63. The molecule has 0 saturated carbocycles. The SMILES string of the molecule is CCn1ccc2ccc(NC(=O)N[C@](C)(CCO)COC)cc21. The Balaban J connectivity index is 2.10. The average molecular weight is 319 g/mol. The van der Waals surface area contributed by atoms with Crippen molar-refractivity contribution in [3.8, 4) is 0 Å². The Morgan fingerprint density at radius 1 is 1.39 bits per heavy atom. The van der Waals surface area contributed by atoms with Crippen LogP contribution in [-0.2, 0) is 11.3 Å². The lowest BCUT2D eigenvalue weighted by atomic mass is 10.00. The van der Waals surface area contributed by atoms with Gasteiger partial charge in [0, 0.05) is 32.1 Å². The van der Waals surface area contributed by atoms with E-state index in [0.29, 0.717) is 13.0 Å². The van der Waals surface area contributed by atoms with Gasteiger partial charge in [0.1, 0.15) is 0 Å². The lowest BCUT2D eigenvalue weighted by Crippen LogP contribution is -2.51. The largest absolute Gasteiger partial charge is 0.396 e. The summed E-state index contributed by atoms with van der Waals surface area (Å²) in [6.45, 7) is 5.12. The number of aryl methyl sites for hydroxylation is 1. The van der Waals surface area contributed by atoms with E-state index in [1.165, 1.54) is 0 Å². The third kappa shape index (κ3) is 4.24. The summed E-state index contributed by atoms with van der Waals surface area (Å²) in [7, 11) is 1.57. The van der Waals surface area contributed by atoms with E-state index in [9.17, 15) is 4.79 Å². The molecule has 3 N–H and O–H groups in total. The summed E-state index contributed by atoms with van der Waals surface area (Å²) in [4.78, 5) is 12.2. The summed E-state index contributed by atoms with van der Waals surface area (Å²) < 4.78 is 7.26. The van der Waals surface area contributed by atoms with Gasteiger partial charge in [-0.1, -0.05) is 6.07 Å². The van der Waals surface area contributed by atoms with Gasteiger partial charge in [0.2, 0.25) is 0 Å². The molecule has 2 amide bonds. The number of amides is 2. The highest BCUT2D eigenvalue weighted by Gasteiger charge is 2.25. The van der Waals surface area contributed by atoms with Crippen molar-refractivity contribution in [3.05, 3.63) is 30.5 Å². The zero-order chi connectivity index (χ0) is 16.9. The van der Waals surface area contributed by atoms with Gasteiger partial charge in [-0.15, -0.1) is 0 Å². The van der Waals surface area contributed by atoms with Crippen LogP contribution in [0.5, 0.6) is 0 Å². The van der Waals surface area contributed by atoms with E-state index >= 15 is 0 Å². The molecule has 0 fully saturated rings. The summed E-state index contributed by atoms with van der Waals surface area (Å²) in [6.07, 6.45) is 2.46. The zero-order valence-corrected chi connectivity index (χ0v) is 13.9. The smallest absolute Gasteiger partial charge is 0.319 e. The van der Waals surface area contributed by atoms with Gasteiger partial charge in [0.05, 0.1) is 17.7 Å². The van der Waals surface area contributed by atoms with E-state index in [-0.39, 0.29) is 12.6 Å². The van der Waals surface area contributed by atoms with Gasteiger partial charge in [-0.25, -0.2) is 4.79 Å². The molecule has 0 aliphatic rings. The molecule has 23 heavy (non-hydrogen) atoms. The van der Waals surface area contributed by atoms with E-state index < -0.39 is 5.54 Å². The normalized spacial score (nSPS) is 13.7. The summed E-state index contributed by atoms with van der Waals surface area (Å²) >= 11 is 0. The summed E-state index contributed by atoms with van der Waals surface area (Å²) in [5.74, 6) is 0. The van der Waals surface area contributed by atoms with Crippen LogP contribution in [0.4, 0.5) is 10.5 Å².